The molecule has 6 heteroatoms. The fourth-order valence-electron chi connectivity index (χ4n) is 1.09. The van der Waals surface area contributed by atoms with Crippen LogP contribution in [0.15, 0.2) is 29.8 Å². The highest BCUT2D eigenvalue weighted by Gasteiger charge is 2.27. The molecule has 1 N–H and O–H groups in total. The van der Waals surface area contributed by atoms with E-state index in [4.69, 9.17) is 11.6 Å². The summed E-state index contributed by atoms with van der Waals surface area (Å²) in [6.45, 7) is 0. The molecule has 0 aromatic heterocycles. The summed E-state index contributed by atoms with van der Waals surface area (Å²) in [5.74, 6) is 0. The highest BCUT2D eigenvalue weighted by Crippen LogP contribution is 2.53. The van der Waals surface area contributed by atoms with Gasteiger partial charge in [-0.1, -0.05) is 23.7 Å². The third-order valence-corrected chi connectivity index (χ3v) is 3.79. The summed E-state index contributed by atoms with van der Waals surface area (Å²) in [6.07, 6.45) is 1.29. The Labute approximate surface area is 99.0 Å². The quantitative estimate of drug-likeness (QED) is 0.664. The summed E-state index contributed by atoms with van der Waals surface area (Å²) in [5.41, 5.74) is 0.152. The first-order valence-electron chi connectivity index (χ1n) is 4.40. The van der Waals surface area contributed by atoms with Crippen molar-refractivity contribution in [3.63, 3.8) is 0 Å². The first-order valence-corrected chi connectivity index (χ1v) is 6.32. The standard InChI is InChI=1S/C10H12ClO4P/c1-14-16(13,15-2)10(12)7-8-4-3-5-9(11)6-8/h3-7,12H,1-2H3. The Morgan fingerprint density at radius 3 is 2.56 bits per heavy atom. The van der Waals surface area contributed by atoms with E-state index >= 15 is 0 Å². The molecule has 0 aliphatic rings. The van der Waals surface area contributed by atoms with E-state index in [1.54, 1.807) is 24.3 Å². The molecule has 0 saturated carbocycles. The molecule has 0 spiro atoms. The van der Waals surface area contributed by atoms with Gasteiger partial charge in [0.25, 0.3) is 0 Å². The highest BCUT2D eigenvalue weighted by atomic mass is 35.5. The van der Waals surface area contributed by atoms with Crippen LogP contribution < -0.4 is 0 Å². The van der Waals surface area contributed by atoms with Gasteiger partial charge in [-0.2, -0.15) is 0 Å². The Morgan fingerprint density at radius 2 is 2.06 bits per heavy atom. The average molecular weight is 263 g/mol. The minimum Gasteiger partial charge on any atom is -0.501 e. The van der Waals surface area contributed by atoms with Gasteiger partial charge in [-0.05, 0) is 23.8 Å². The number of aliphatic hydroxyl groups excluding tert-OH is 1. The van der Waals surface area contributed by atoms with Crippen LogP contribution in [0, 0.1) is 0 Å². The van der Waals surface area contributed by atoms with Gasteiger partial charge in [-0.25, -0.2) is 0 Å². The summed E-state index contributed by atoms with van der Waals surface area (Å²) >= 11 is 5.77. The lowest BCUT2D eigenvalue weighted by molar-refractivity contribution is 0.262. The Kier molecular flexibility index (Phi) is 4.56. The average Bonchev–Trinajstić information content (AvgIpc) is 2.28. The lowest BCUT2D eigenvalue weighted by Crippen LogP contribution is -1.92. The number of hydrogen-bond donors (Lipinski definition) is 1. The predicted octanol–water partition coefficient (Wildman–Crippen LogP) is 3.68. The Balaban J connectivity index is 3.05. The normalized spacial score (nSPS) is 12.8. The molecular weight excluding hydrogens is 251 g/mol. The molecular formula is C10H12ClO4P. The maximum Gasteiger partial charge on any atom is 0.394 e. The largest absolute Gasteiger partial charge is 0.501 e. The number of benzene rings is 1. The minimum absolute atomic E-state index is 0.459. The van der Waals surface area contributed by atoms with E-state index in [0.717, 1.165) is 0 Å². The van der Waals surface area contributed by atoms with Gasteiger partial charge in [0.1, 0.15) is 0 Å². The van der Waals surface area contributed by atoms with Crippen LogP contribution in [0.25, 0.3) is 6.08 Å². The van der Waals surface area contributed by atoms with E-state index in [0.29, 0.717) is 10.6 Å². The lowest BCUT2D eigenvalue weighted by atomic mass is 10.2. The second-order valence-electron chi connectivity index (χ2n) is 2.92. The van der Waals surface area contributed by atoms with E-state index in [-0.39, 0.29) is 0 Å². The fourth-order valence-corrected chi connectivity index (χ4v) is 2.12. The zero-order chi connectivity index (χ0) is 12.2. The summed E-state index contributed by atoms with van der Waals surface area (Å²) in [5, 5.41) is 10.1. The summed E-state index contributed by atoms with van der Waals surface area (Å²) in [6, 6.07) is 6.74. The van der Waals surface area contributed by atoms with Gasteiger partial charge in [0.05, 0.1) is 0 Å². The van der Waals surface area contributed by atoms with Crippen molar-refractivity contribution in [2.45, 2.75) is 0 Å². The van der Waals surface area contributed by atoms with Crippen molar-refractivity contribution in [3.05, 3.63) is 40.4 Å². The zero-order valence-corrected chi connectivity index (χ0v) is 10.5. The molecule has 0 bridgehead atoms. The smallest absolute Gasteiger partial charge is 0.394 e. The van der Waals surface area contributed by atoms with Gasteiger partial charge in [-0.15, -0.1) is 0 Å². The molecule has 4 nitrogen and oxygen atoms in total. The van der Waals surface area contributed by atoms with Crippen molar-refractivity contribution in [3.8, 4) is 0 Å². The minimum atomic E-state index is -3.58. The van der Waals surface area contributed by atoms with Gasteiger partial charge >= 0.3 is 7.60 Å². The first kappa shape index (κ1) is 13.3. The van der Waals surface area contributed by atoms with Gasteiger partial charge in [0, 0.05) is 19.2 Å². The van der Waals surface area contributed by atoms with E-state index < -0.39 is 13.1 Å². The van der Waals surface area contributed by atoms with Crippen molar-refractivity contribution < 1.29 is 18.7 Å². The van der Waals surface area contributed by atoms with Crippen LogP contribution in [0.1, 0.15) is 5.56 Å². The third-order valence-electron chi connectivity index (χ3n) is 1.91. The third kappa shape index (κ3) is 3.09. The van der Waals surface area contributed by atoms with Crippen LogP contribution >= 0.6 is 19.2 Å². The van der Waals surface area contributed by atoms with Crippen molar-refractivity contribution in [2.75, 3.05) is 14.2 Å². The molecule has 0 aliphatic carbocycles. The maximum atomic E-state index is 11.7. The highest BCUT2D eigenvalue weighted by molar-refractivity contribution is 7.58. The predicted molar refractivity (Wildman–Crippen MR) is 63.7 cm³/mol. The molecule has 0 amide bonds. The number of hydrogen-bond acceptors (Lipinski definition) is 4. The Morgan fingerprint density at radius 1 is 1.44 bits per heavy atom. The summed E-state index contributed by atoms with van der Waals surface area (Å²) in [7, 11) is -1.18. The number of rotatable bonds is 4. The molecule has 0 aliphatic heterocycles. The first-order chi connectivity index (χ1) is 7.51. The second kappa shape index (κ2) is 5.51. The van der Waals surface area contributed by atoms with Crippen molar-refractivity contribution in [1.82, 2.24) is 0 Å². The van der Waals surface area contributed by atoms with E-state index in [1.165, 1.54) is 20.3 Å². The van der Waals surface area contributed by atoms with E-state index in [2.05, 4.69) is 9.05 Å². The lowest BCUT2D eigenvalue weighted by Gasteiger charge is -2.12. The topological polar surface area (TPSA) is 55.8 Å². The van der Waals surface area contributed by atoms with Crippen molar-refractivity contribution in [1.29, 1.82) is 0 Å². The Hall–Kier alpha value is -0.800. The molecule has 0 heterocycles. The molecule has 88 valence electrons. The Bertz CT molecular complexity index is 436. The summed E-state index contributed by atoms with van der Waals surface area (Å²) in [4.78, 5) is 0. The molecule has 0 atom stereocenters. The molecule has 0 radical (unpaired) electrons. The molecule has 1 aromatic carbocycles. The zero-order valence-electron chi connectivity index (χ0n) is 8.88. The molecule has 16 heavy (non-hydrogen) atoms. The molecule has 1 aromatic rings. The van der Waals surface area contributed by atoms with Crippen LogP contribution in [0.2, 0.25) is 5.02 Å². The van der Waals surface area contributed by atoms with Crippen LogP contribution in [0.4, 0.5) is 0 Å². The van der Waals surface area contributed by atoms with Crippen molar-refractivity contribution >= 4 is 25.3 Å². The molecule has 1 rings (SSSR count). The van der Waals surface area contributed by atoms with Gasteiger partial charge in [0.2, 0.25) is 5.50 Å². The summed E-state index contributed by atoms with van der Waals surface area (Å²) < 4.78 is 21.0. The van der Waals surface area contributed by atoms with Gasteiger partial charge in [0.15, 0.2) is 0 Å². The van der Waals surface area contributed by atoms with E-state index in [9.17, 15) is 9.67 Å². The van der Waals surface area contributed by atoms with Crippen molar-refractivity contribution in [2.24, 2.45) is 0 Å². The van der Waals surface area contributed by atoms with Gasteiger partial charge in [-0.3, -0.25) is 4.57 Å². The van der Waals surface area contributed by atoms with E-state index in [1.807, 2.05) is 0 Å². The molecule has 0 unspecified atom stereocenters. The second-order valence-corrected chi connectivity index (χ2v) is 5.54. The molecule has 0 fully saturated rings. The molecule has 0 saturated heterocycles. The maximum absolute atomic E-state index is 11.7. The van der Waals surface area contributed by atoms with Crippen LogP contribution in [-0.4, -0.2) is 19.3 Å². The number of aliphatic hydroxyl groups is 1. The van der Waals surface area contributed by atoms with Crippen LogP contribution in [-0.2, 0) is 13.6 Å². The SMILES string of the molecule is COP(=O)(OC)C(O)=Cc1cccc(Cl)c1. The van der Waals surface area contributed by atoms with Crippen LogP contribution in [0.3, 0.4) is 0 Å². The van der Waals surface area contributed by atoms with Gasteiger partial charge < -0.3 is 14.2 Å². The monoisotopic (exact) mass is 262 g/mol. The van der Waals surface area contributed by atoms with Crippen LogP contribution in [0.5, 0.6) is 0 Å². The fraction of sp³-hybridized carbons (Fsp3) is 0.200. The number of halogens is 1.